The third kappa shape index (κ3) is 2.50. The van der Waals surface area contributed by atoms with Crippen LogP contribution in [0.15, 0.2) is 18.2 Å². The summed E-state index contributed by atoms with van der Waals surface area (Å²) in [7, 11) is 0. The third-order valence-corrected chi connectivity index (χ3v) is 3.16. The van der Waals surface area contributed by atoms with Crippen LogP contribution in [0, 0.1) is 10.1 Å². The molecule has 0 aliphatic heterocycles. The average Bonchev–Trinajstić information content (AvgIpc) is 2.72. The van der Waals surface area contributed by atoms with Crippen molar-refractivity contribution in [1.29, 1.82) is 0 Å². The molecule has 7 nitrogen and oxygen atoms in total. The molecule has 8 heteroatoms. The molecule has 19 heavy (non-hydrogen) atoms. The van der Waals surface area contributed by atoms with Gasteiger partial charge in [0.2, 0.25) is 0 Å². The lowest BCUT2D eigenvalue weighted by atomic mass is 10.1. The van der Waals surface area contributed by atoms with Gasteiger partial charge in [-0.2, -0.15) is 0 Å². The molecule has 0 fully saturated rings. The van der Waals surface area contributed by atoms with Gasteiger partial charge in [-0.15, -0.1) is 5.10 Å². The van der Waals surface area contributed by atoms with E-state index in [0.717, 1.165) is 5.69 Å². The fourth-order valence-corrected chi connectivity index (χ4v) is 2.09. The number of benzene rings is 1. The lowest BCUT2D eigenvalue weighted by Crippen LogP contribution is -2.09. The van der Waals surface area contributed by atoms with Crippen molar-refractivity contribution in [2.45, 2.75) is 19.9 Å². The Morgan fingerprint density at radius 2 is 2.26 bits per heavy atom. The van der Waals surface area contributed by atoms with E-state index in [4.69, 9.17) is 17.3 Å². The number of hydrogen-bond acceptors (Lipinski definition) is 5. The Kier molecular flexibility index (Phi) is 3.66. The van der Waals surface area contributed by atoms with Crippen LogP contribution in [0.2, 0.25) is 5.02 Å². The number of hydrogen-bond donors (Lipinski definition) is 1. The summed E-state index contributed by atoms with van der Waals surface area (Å²) in [6, 6.07) is 4.56. The first-order chi connectivity index (χ1) is 9.04. The second kappa shape index (κ2) is 5.23. The van der Waals surface area contributed by atoms with E-state index in [1.807, 2.05) is 6.92 Å². The highest BCUT2D eigenvalue weighted by atomic mass is 35.5. The summed E-state index contributed by atoms with van der Waals surface area (Å²) < 4.78 is 1.53. The Morgan fingerprint density at radius 1 is 1.53 bits per heavy atom. The second-order valence-electron chi connectivity index (χ2n) is 3.93. The molecule has 2 aromatic rings. The first-order valence-electron chi connectivity index (χ1n) is 5.64. The van der Waals surface area contributed by atoms with Gasteiger partial charge in [-0.3, -0.25) is 10.1 Å². The summed E-state index contributed by atoms with van der Waals surface area (Å²) in [6.45, 7) is 2.08. The van der Waals surface area contributed by atoms with Crippen LogP contribution in [0.1, 0.15) is 18.2 Å². The molecule has 1 aromatic carbocycles. The van der Waals surface area contributed by atoms with E-state index in [2.05, 4.69) is 10.3 Å². The van der Waals surface area contributed by atoms with E-state index in [0.29, 0.717) is 22.8 Å². The number of aromatic nitrogens is 3. The predicted octanol–water partition coefficient (Wildman–Crippen LogP) is 2.03. The van der Waals surface area contributed by atoms with Gasteiger partial charge in [-0.1, -0.05) is 29.8 Å². The summed E-state index contributed by atoms with van der Waals surface area (Å²) >= 11 is 6.03. The summed E-state index contributed by atoms with van der Waals surface area (Å²) in [4.78, 5) is 10.5. The first kappa shape index (κ1) is 13.3. The average molecular weight is 282 g/mol. The van der Waals surface area contributed by atoms with E-state index in [1.165, 1.54) is 10.7 Å². The van der Waals surface area contributed by atoms with Gasteiger partial charge in [0, 0.05) is 6.07 Å². The number of anilines is 1. The third-order valence-electron chi connectivity index (χ3n) is 2.80. The van der Waals surface area contributed by atoms with Gasteiger partial charge in [0.25, 0.3) is 5.69 Å². The van der Waals surface area contributed by atoms with Crippen LogP contribution in [0.4, 0.5) is 11.5 Å². The van der Waals surface area contributed by atoms with Crippen LogP contribution < -0.4 is 5.73 Å². The molecule has 100 valence electrons. The number of halogens is 1. The largest absolute Gasteiger partial charge is 0.381 e. The van der Waals surface area contributed by atoms with Crippen molar-refractivity contribution in [3.63, 3.8) is 0 Å². The molecule has 0 saturated carbocycles. The molecule has 0 aliphatic carbocycles. The molecule has 0 bridgehead atoms. The summed E-state index contributed by atoms with van der Waals surface area (Å²) in [5, 5.41) is 19.0. The fourth-order valence-electron chi connectivity index (χ4n) is 1.86. The van der Waals surface area contributed by atoms with Crippen LogP contribution in [0.5, 0.6) is 0 Å². The van der Waals surface area contributed by atoms with Crippen LogP contribution in [0.3, 0.4) is 0 Å². The van der Waals surface area contributed by atoms with Gasteiger partial charge in [0.05, 0.1) is 27.7 Å². The van der Waals surface area contributed by atoms with Gasteiger partial charge in [-0.05, 0) is 12.5 Å². The molecular formula is C11H12ClN5O2. The molecule has 2 N–H and O–H groups in total. The van der Waals surface area contributed by atoms with Crippen LogP contribution >= 0.6 is 11.6 Å². The number of nitrogens with zero attached hydrogens (tertiary/aromatic N) is 4. The first-order valence-corrected chi connectivity index (χ1v) is 6.02. The van der Waals surface area contributed by atoms with Crippen molar-refractivity contribution in [3.05, 3.63) is 44.6 Å². The minimum Gasteiger partial charge on any atom is -0.381 e. The van der Waals surface area contributed by atoms with Gasteiger partial charge >= 0.3 is 0 Å². The number of nitro groups is 1. The number of nitro benzene ring substituents is 1. The standard InChI is InChI=1S/C11H12ClN5O2/c1-2-9-11(13)14-15-16(9)6-7-8(12)4-3-5-10(7)17(18)19/h3-5H,2,6,13H2,1H3. The van der Waals surface area contributed by atoms with E-state index in [-0.39, 0.29) is 12.2 Å². The smallest absolute Gasteiger partial charge is 0.275 e. The molecule has 0 atom stereocenters. The molecule has 0 radical (unpaired) electrons. The van der Waals surface area contributed by atoms with Gasteiger partial charge in [0.15, 0.2) is 5.82 Å². The lowest BCUT2D eigenvalue weighted by Gasteiger charge is -2.07. The van der Waals surface area contributed by atoms with Crippen molar-refractivity contribution >= 4 is 23.1 Å². The predicted molar refractivity (Wildman–Crippen MR) is 71.0 cm³/mol. The maximum atomic E-state index is 11.0. The number of rotatable bonds is 4. The van der Waals surface area contributed by atoms with Crippen molar-refractivity contribution in [1.82, 2.24) is 15.0 Å². The highest BCUT2D eigenvalue weighted by molar-refractivity contribution is 6.31. The molecule has 0 aliphatic rings. The SMILES string of the molecule is CCc1c(N)nnn1Cc1c(Cl)cccc1[N+](=O)[O-]. The number of nitrogens with two attached hydrogens (primary N) is 1. The van der Waals surface area contributed by atoms with E-state index in [9.17, 15) is 10.1 Å². The highest BCUT2D eigenvalue weighted by Gasteiger charge is 2.19. The Hall–Kier alpha value is -2.15. The Balaban J connectivity index is 2.46. The minimum atomic E-state index is -0.465. The number of nitrogen functional groups attached to an aromatic ring is 1. The Bertz CT molecular complexity index is 626. The second-order valence-corrected chi connectivity index (χ2v) is 4.33. The molecular weight excluding hydrogens is 270 g/mol. The lowest BCUT2D eigenvalue weighted by molar-refractivity contribution is -0.385. The molecule has 1 heterocycles. The quantitative estimate of drug-likeness (QED) is 0.683. The van der Waals surface area contributed by atoms with E-state index < -0.39 is 4.92 Å². The van der Waals surface area contributed by atoms with Crippen LogP contribution in [0.25, 0.3) is 0 Å². The van der Waals surface area contributed by atoms with Crippen molar-refractivity contribution in [3.8, 4) is 0 Å². The van der Waals surface area contributed by atoms with Crippen LogP contribution in [-0.4, -0.2) is 19.9 Å². The maximum Gasteiger partial charge on any atom is 0.275 e. The summed E-state index contributed by atoms with van der Waals surface area (Å²) in [6.07, 6.45) is 0.636. The van der Waals surface area contributed by atoms with Crippen LogP contribution in [-0.2, 0) is 13.0 Å². The molecule has 0 spiro atoms. The van der Waals surface area contributed by atoms with E-state index in [1.54, 1.807) is 12.1 Å². The molecule has 2 rings (SSSR count). The van der Waals surface area contributed by atoms with Crippen molar-refractivity contribution in [2.75, 3.05) is 5.73 Å². The molecule has 0 amide bonds. The van der Waals surface area contributed by atoms with Crippen molar-refractivity contribution < 1.29 is 4.92 Å². The fraction of sp³-hybridized carbons (Fsp3) is 0.273. The van der Waals surface area contributed by atoms with Crippen molar-refractivity contribution in [2.24, 2.45) is 0 Å². The normalized spacial score (nSPS) is 10.6. The monoisotopic (exact) mass is 281 g/mol. The Labute approximate surface area is 114 Å². The summed E-state index contributed by atoms with van der Waals surface area (Å²) in [5.41, 5.74) is 6.77. The Morgan fingerprint density at radius 3 is 2.89 bits per heavy atom. The maximum absolute atomic E-state index is 11.0. The topological polar surface area (TPSA) is 99.9 Å². The van der Waals surface area contributed by atoms with Gasteiger partial charge in [-0.25, -0.2) is 4.68 Å². The molecule has 0 saturated heterocycles. The highest BCUT2D eigenvalue weighted by Crippen LogP contribution is 2.27. The van der Waals surface area contributed by atoms with Gasteiger partial charge < -0.3 is 5.73 Å². The molecule has 0 unspecified atom stereocenters. The zero-order chi connectivity index (χ0) is 14.0. The summed E-state index contributed by atoms with van der Waals surface area (Å²) in [5.74, 6) is 0.331. The molecule has 1 aromatic heterocycles. The zero-order valence-electron chi connectivity index (χ0n) is 10.2. The van der Waals surface area contributed by atoms with Gasteiger partial charge in [0.1, 0.15) is 0 Å². The van der Waals surface area contributed by atoms with E-state index >= 15 is 0 Å². The minimum absolute atomic E-state index is 0.0383. The zero-order valence-corrected chi connectivity index (χ0v) is 11.0.